The second-order valence-electron chi connectivity index (χ2n) is 3.22. The van der Waals surface area contributed by atoms with Gasteiger partial charge >= 0.3 is 12.3 Å². The molecule has 0 amide bonds. The smallest absolute Gasteiger partial charge is 0.481 e. The molecule has 18 heavy (non-hydrogen) atoms. The zero-order valence-corrected chi connectivity index (χ0v) is 10.3. The maximum Gasteiger partial charge on any atom is 0.573 e. The number of alkyl halides is 4. The topological polar surface area (TPSA) is 79.4 Å². The van der Waals surface area contributed by atoms with Crippen molar-refractivity contribution in [3.63, 3.8) is 0 Å². The van der Waals surface area contributed by atoms with Crippen LogP contribution in [-0.4, -0.2) is 22.4 Å². The predicted molar refractivity (Wildman–Crippen MR) is 57.7 cm³/mol. The zero-order valence-electron chi connectivity index (χ0n) is 8.68. The number of pyridine rings is 1. The molecule has 9 heteroatoms. The molecule has 0 saturated carbocycles. The summed E-state index contributed by atoms with van der Waals surface area (Å²) in [4.78, 5) is 24.2. The highest BCUT2D eigenvalue weighted by Gasteiger charge is 2.33. The molecule has 0 saturated heterocycles. The van der Waals surface area contributed by atoms with Gasteiger partial charge in [-0.25, -0.2) is 0 Å². The van der Waals surface area contributed by atoms with Crippen LogP contribution in [0.4, 0.5) is 13.2 Å². The van der Waals surface area contributed by atoms with Gasteiger partial charge in [-0.05, 0) is 0 Å². The molecule has 1 rings (SSSR count). The molecule has 0 aliphatic heterocycles. The molecule has 0 spiro atoms. The Balaban J connectivity index is 3.29. The molecule has 2 N–H and O–H groups in total. The molecular weight excluding hydrogens is 323 g/mol. The van der Waals surface area contributed by atoms with Crippen LogP contribution in [-0.2, 0) is 16.5 Å². The first-order valence-electron chi connectivity index (χ1n) is 4.51. The van der Waals surface area contributed by atoms with E-state index in [-0.39, 0.29) is 11.0 Å². The fraction of sp³-hybridized carbons (Fsp3) is 0.333. The minimum Gasteiger partial charge on any atom is -0.481 e. The van der Waals surface area contributed by atoms with Gasteiger partial charge in [0.1, 0.15) is 5.75 Å². The summed E-state index contributed by atoms with van der Waals surface area (Å²) in [6.45, 7) is 0. The van der Waals surface area contributed by atoms with Crippen LogP contribution < -0.4 is 10.3 Å². The van der Waals surface area contributed by atoms with E-state index in [9.17, 15) is 22.8 Å². The third-order valence-corrected chi connectivity index (χ3v) is 2.45. The second-order valence-corrected chi connectivity index (χ2v) is 3.78. The molecule has 0 fully saturated rings. The van der Waals surface area contributed by atoms with E-state index >= 15 is 0 Å². The summed E-state index contributed by atoms with van der Waals surface area (Å²) >= 11 is 2.96. The number of hydrogen-bond donors (Lipinski definition) is 2. The summed E-state index contributed by atoms with van der Waals surface area (Å²) in [5.41, 5.74) is -1.36. The van der Waals surface area contributed by atoms with Crippen LogP contribution in [0.5, 0.6) is 5.75 Å². The summed E-state index contributed by atoms with van der Waals surface area (Å²) < 4.78 is 40.1. The molecule has 0 radical (unpaired) electrons. The fourth-order valence-electron chi connectivity index (χ4n) is 1.22. The van der Waals surface area contributed by atoms with Gasteiger partial charge in [0.05, 0.1) is 12.0 Å². The monoisotopic (exact) mass is 329 g/mol. The minimum atomic E-state index is -5.00. The van der Waals surface area contributed by atoms with Crippen LogP contribution in [0, 0.1) is 0 Å². The predicted octanol–water partition coefficient (Wildman–Crippen LogP) is 1.80. The number of nitrogens with one attached hydrogen (secondary N) is 1. The molecule has 1 aromatic heterocycles. The van der Waals surface area contributed by atoms with Crippen molar-refractivity contribution in [3.8, 4) is 5.75 Å². The molecule has 100 valence electrons. The van der Waals surface area contributed by atoms with E-state index in [4.69, 9.17) is 5.11 Å². The highest BCUT2D eigenvalue weighted by Crippen LogP contribution is 2.25. The third-order valence-electron chi connectivity index (χ3n) is 1.85. The van der Waals surface area contributed by atoms with Gasteiger partial charge in [-0.15, -0.1) is 13.2 Å². The quantitative estimate of drug-likeness (QED) is 0.825. The normalized spacial score (nSPS) is 11.3. The lowest BCUT2D eigenvalue weighted by Gasteiger charge is -2.12. The SMILES string of the molecule is O=C(O)Cc1c(OC(F)(F)F)cc(CBr)[nH]c1=O. The molecular formula is C9H7BrF3NO4. The number of rotatable bonds is 4. The van der Waals surface area contributed by atoms with Crippen LogP contribution in [0.25, 0.3) is 0 Å². The molecule has 0 bridgehead atoms. The third kappa shape index (κ3) is 4.06. The van der Waals surface area contributed by atoms with E-state index in [1.54, 1.807) is 0 Å². The highest BCUT2D eigenvalue weighted by molar-refractivity contribution is 9.08. The maximum absolute atomic E-state index is 12.1. The average molecular weight is 330 g/mol. The summed E-state index contributed by atoms with van der Waals surface area (Å²) in [5, 5.41) is 8.64. The van der Waals surface area contributed by atoms with E-state index in [2.05, 4.69) is 25.7 Å². The molecule has 0 aliphatic carbocycles. The average Bonchev–Trinajstić information content (AvgIpc) is 2.20. The van der Waals surface area contributed by atoms with Gasteiger partial charge < -0.3 is 14.8 Å². The number of aliphatic carboxylic acids is 1. The number of carboxylic acid groups (broad SMARTS) is 1. The zero-order chi connectivity index (χ0) is 13.9. The number of hydrogen-bond acceptors (Lipinski definition) is 3. The van der Waals surface area contributed by atoms with Crippen molar-refractivity contribution in [2.24, 2.45) is 0 Å². The van der Waals surface area contributed by atoms with Crippen LogP contribution in [0.3, 0.4) is 0 Å². The highest BCUT2D eigenvalue weighted by atomic mass is 79.9. The number of carbonyl (C=O) groups is 1. The number of ether oxygens (including phenoxy) is 1. The first-order valence-corrected chi connectivity index (χ1v) is 5.63. The summed E-state index contributed by atoms with van der Waals surface area (Å²) in [7, 11) is 0. The van der Waals surface area contributed by atoms with Crippen molar-refractivity contribution in [1.82, 2.24) is 4.98 Å². The van der Waals surface area contributed by atoms with Gasteiger partial charge in [0, 0.05) is 17.1 Å². The lowest BCUT2D eigenvalue weighted by Crippen LogP contribution is -2.24. The lowest BCUT2D eigenvalue weighted by atomic mass is 10.1. The van der Waals surface area contributed by atoms with Crippen LogP contribution in [0.1, 0.15) is 11.3 Å². The van der Waals surface area contributed by atoms with Crippen molar-refractivity contribution in [1.29, 1.82) is 0 Å². The second kappa shape index (κ2) is 5.42. The summed E-state index contributed by atoms with van der Waals surface area (Å²) in [6.07, 6.45) is -5.85. The van der Waals surface area contributed by atoms with E-state index in [0.29, 0.717) is 0 Å². The minimum absolute atomic E-state index is 0.101. The van der Waals surface area contributed by atoms with Crippen LogP contribution in [0.15, 0.2) is 10.9 Å². The first kappa shape index (κ1) is 14.6. The Morgan fingerprint density at radius 3 is 2.56 bits per heavy atom. The van der Waals surface area contributed by atoms with E-state index in [1.807, 2.05) is 0 Å². The van der Waals surface area contributed by atoms with Crippen molar-refractivity contribution in [3.05, 3.63) is 27.7 Å². The van der Waals surface area contributed by atoms with Gasteiger partial charge in [-0.3, -0.25) is 9.59 Å². The van der Waals surface area contributed by atoms with Crippen LogP contribution in [0.2, 0.25) is 0 Å². The van der Waals surface area contributed by atoms with Crippen molar-refractivity contribution in [2.45, 2.75) is 18.1 Å². The molecule has 0 atom stereocenters. The maximum atomic E-state index is 12.1. The molecule has 1 heterocycles. The van der Waals surface area contributed by atoms with E-state index < -0.39 is 35.6 Å². The number of carboxylic acids is 1. The van der Waals surface area contributed by atoms with Gasteiger partial charge in [-0.1, -0.05) is 15.9 Å². The van der Waals surface area contributed by atoms with Crippen molar-refractivity contribution in [2.75, 3.05) is 0 Å². The van der Waals surface area contributed by atoms with Crippen molar-refractivity contribution >= 4 is 21.9 Å². The Kier molecular flexibility index (Phi) is 4.38. The Morgan fingerprint density at radius 1 is 1.50 bits per heavy atom. The summed E-state index contributed by atoms with van der Waals surface area (Å²) in [6, 6.07) is 0.932. The summed E-state index contributed by atoms with van der Waals surface area (Å²) in [5.74, 6) is -2.23. The number of aromatic nitrogens is 1. The molecule has 0 aliphatic rings. The van der Waals surface area contributed by atoms with E-state index in [1.165, 1.54) is 0 Å². The molecule has 5 nitrogen and oxygen atoms in total. The van der Waals surface area contributed by atoms with Gasteiger partial charge in [0.15, 0.2) is 0 Å². The van der Waals surface area contributed by atoms with Crippen LogP contribution >= 0.6 is 15.9 Å². The first-order chi connectivity index (χ1) is 8.23. The Morgan fingerprint density at radius 2 is 2.11 bits per heavy atom. The largest absolute Gasteiger partial charge is 0.573 e. The fourth-order valence-corrected chi connectivity index (χ4v) is 1.52. The Hall–Kier alpha value is -1.51. The van der Waals surface area contributed by atoms with E-state index in [0.717, 1.165) is 6.07 Å². The number of aromatic amines is 1. The van der Waals surface area contributed by atoms with Gasteiger partial charge in [0.2, 0.25) is 0 Å². The van der Waals surface area contributed by atoms with Gasteiger partial charge in [0.25, 0.3) is 5.56 Å². The van der Waals surface area contributed by atoms with Gasteiger partial charge in [-0.2, -0.15) is 0 Å². The molecule has 0 aromatic carbocycles. The lowest BCUT2D eigenvalue weighted by molar-refractivity contribution is -0.275. The molecule has 0 unspecified atom stereocenters. The Labute approximate surface area is 107 Å². The number of halogens is 4. The number of H-pyrrole nitrogens is 1. The standard InChI is InChI=1S/C9H7BrF3NO4/c10-3-4-1-6(18-9(11,12)13)5(2-7(15)16)8(17)14-4/h1H,2-3H2,(H,14,17)(H,15,16). The Bertz CT molecular complexity index is 512. The van der Waals surface area contributed by atoms with Crippen molar-refractivity contribution < 1.29 is 27.8 Å². The molecule has 1 aromatic rings.